The van der Waals surface area contributed by atoms with Gasteiger partial charge in [0.15, 0.2) is 11.5 Å². The standard InChI is InChI=1S/C24H20F2N2O3S/c1-14-7-10-17(26)13-19(14)23(29)28-24(18-5-4-6-20(30-2)21(18)31-3)32-22(27-28)15-8-11-16(25)12-9-15/h4-13,24H,1-3H3. The maximum Gasteiger partial charge on any atom is 0.275 e. The number of aryl methyl sites for hydroxylation is 1. The summed E-state index contributed by atoms with van der Waals surface area (Å²) in [4.78, 5) is 13.5. The zero-order valence-corrected chi connectivity index (χ0v) is 18.5. The van der Waals surface area contributed by atoms with E-state index in [4.69, 9.17) is 9.47 Å². The first-order valence-electron chi connectivity index (χ1n) is 9.74. The number of methoxy groups -OCH3 is 2. The van der Waals surface area contributed by atoms with Gasteiger partial charge in [-0.25, -0.2) is 13.8 Å². The Hall–Kier alpha value is -3.39. The Kier molecular flexibility index (Phi) is 6.14. The van der Waals surface area contributed by atoms with Gasteiger partial charge in [-0.2, -0.15) is 5.10 Å². The molecule has 0 fully saturated rings. The molecule has 1 atom stereocenters. The van der Waals surface area contributed by atoms with Crippen molar-refractivity contribution in [3.63, 3.8) is 0 Å². The van der Waals surface area contributed by atoms with E-state index in [1.54, 1.807) is 37.3 Å². The Morgan fingerprint density at radius 2 is 1.72 bits per heavy atom. The van der Waals surface area contributed by atoms with Crippen molar-refractivity contribution in [2.45, 2.75) is 12.3 Å². The monoisotopic (exact) mass is 454 g/mol. The summed E-state index contributed by atoms with van der Waals surface area (Å²) in [6, 6.07) is 15.3. The van der Waals surface area contributed by atoms with Gasteiger partial charge in [-0.1, -0.05) is 30.0 Å². The van der Waals surface area contributed by atoms with E-state index in [1.807, 2.05) is 6.07 Å². The van der Waals surface area contributed by atoms with E-state index in [2.05, 4.69) is 5.10 Å². The summed E-state index contributed by atoms with van der Waals surface area (Å²) in [5.41, 5.74) is 2.17. The molecule has 3 aromatic carbocycles. The van der Waals surface area contributed by atoms with Crippen molar-refractivity contribution in [3.8, 4) is 11.5 Å². The van der Waals surface area contributed by atoms with E-state index in [9.17, 15) is 13.6 Å². The van der Waals surface area contributed by atoms with Crippen LogP contribution in [0.25, 0.3) is 0 Å². The molecule has 1 unspecified atom stereocenters. The number of hydrogen-bond donors (Lipinski definition) is 0. The van der Waals surface area contributed by atoms with Crippen molar-refractivity contribution in [2.24, 2.45) is 5.10 Å². The third-order valence-corrected chi connectivity index (χ3v) is 6.29. The molecule has 3 aromatic rings. The van der Waals surface area contributed by atoms with E-state index < -0.39 is 17.1 Å². The van der Waals surface area contributed by atoms with Gasteiger partial charge in [0.2, 0.25) is 0 Å². The van der Waals surface area contributed by atoms with Gasteiger partial charge in [-0.15, -0.1) is 0 Å². The fraction of sp³-hybridized carbons (Fsp3) is 0.167. The van der Waals surface area contributed by atoms with Crippen LogP contribution < -0.4 is 9.47 Å². The Labute approximate surface area is 188 Å². The molecule has 0 bridgehead atoms. The van der Waals surface area contributed by atoms with Gasteiger partial charge in [-0.05, 0) is 55.0 Å². The quantitative estimate of drug-likeness (QED) is 0.508. The number of carbonyl (C=O) groups is 1. The molecular formula is C24H20F2N2O3S. The first kappa shape index (κ1) is 21.8. The van der Waals surface area contributed by atoms with Crippen LogP contribution in [-0.2, 0) is 0 Å². The average molecular weight is 454 g/mol. The van der Waals surface area contributed by atoms with Crippen LogP contribution in [0.4, 0.5) is 8.78 Å². The van der Waals surface area contributed by atoms with E-state index in [1.165, 1.54) is 55.3 Å². The van der Waals surface area contributed by atoms with Gasteiger partial charge in [0.25, 0.3) is 5.91 Å². The van der Waals surface area contributed by atoms with Gasteiger partial charge in [0, 0.05) is 16.7 Å². The molecule has 0 aromatic heterocycles. The molecule has 0 N–H and O–H groups in total. The second-order valence-corrected chi connectivity index (χ2v) is 8.14. The van der Waals surface area contributed by atoms with Crippen molar-refractivity contribution in [2.75, 3.05) is 14.2 Å². The van der Waals surface area contributed by atoms with E-state index in [0.29, 0.717) is 33.2 Å². The van der Waals surface area contributed by atoms with Gasteiger partial charge >= 0.3 is 0 Å². The minimum atomic E-state index is -0.602. The summed E-state index contributed by atoms with van der Waals surface area (Å²) in [7, 11) is 3.05. The lowest BCUT2D eigenvalue weighted by Gasteiger charge is -2.24. The Morgan fingerprint density at radius 3 is 2.41 bits per heavy atom. The molecule has 164 valence electrons. The first-order valence-corrected chi connectivity index (χ1v) is 10.6. The minimum Gasteiger partial charge on any atom is -0.493 e. The summed E-state index contributed by atoms with van der Waals surface area (Å²) in [5, 5.41) is 5.78. The smallest absolute Gasteiger partial charge is 0.275 e. The zero-order chi connectivity index (χ0) is 22.8. The minimum absolute atomic E-state index is 0.210. The zero-order valence-electron chi connectivity index (χ0n) is 17.6. The molecule has 5 nitrogen and oxygen atoms in total. The van der Waals surface area contributed by atoms with Gasteiger partial charge in [-0.3, -0.25) is 4.79 Å². The SMILES string of the molecule is COc1cccc(C2SC(c3ccc(F)cc3)=NN2C(=O)c2cc(F)ccc2C)c1OC. The predicted octanol–water partition coefficient (Wildman–Crippen LogP) is 5.54. The second kappa shape index (κ2) is 9.00. The summed E-state index contributed by atoms with van der Waals surface area (Å²) < 4.78 is 38.3. The number of benzene rings is 3. The third-order valence-electron chi connectivity index (χ3n) is 5.07. The fourth-order valence-electron chi connectivity index (χ4n) is 3.45. The molecular weight excluding hydrogens is 434 g/mol. The predicted molar refractivity (Wildman–Crippen MR) is 120 cm³/mol. The van der Waals surface area contributed by atoms with Crippen LogP contribution in [0, 0.1) is 18.6 Å². The highest BCUT2D eigenvalue weighted by Crippen LogP contribution is 2.47. The summed E-state index contributed by atoms with van der Waals surface area (Å²) >= 11 is 1.32. The summed E-state index contributed by atoms with van der Waals surface area (Å²) in [5.74, 6) is -0.357. The first-order chi connectivity index (χ1) is 15.4. The number of nitrogens with zero attached hydrogens (tertiary/aromatic N) is 2. The Bertz CT molecular complexity index is 1200. The molecule has 0 radical (unpaired) electrons. The molecule has 8 heteroatoms. The number of rotatable bonds is 5. The number of halogens is 2. The molecule has 32 heavy (non-hydrogen) atoms. The number of carbonyl (C=O) groups excluding carboxylic acids is 1. The van der Waals surface area contributed by atoms with Gasteiger partial charge < -0.3 is 9.47 Å². The molecule has 0 spiro atoms. The Balaban J connectivity index is 1.82. The van der Waals surface area contributed by atoms with Crippen LogP contribution in [0.3, 0.4) is 0 Å². The molecule has 0 saturated carbocycles. The average Bonchev–Trinajstić information content (AvgIpc) is 3.25. The fourth-order valence-corrected chi connectivity index (χ4v) is 4.62. The summed E-state index contributed by atoms with van der Waals surface area (Å²) in [6.07, 6.45) is 0. The highest BCUT2D eigenvalue weighted by Gasteiger charge is 2.37. The van der Waals surface area contributed by atoms with Crippen LogP contribution in [0.1, 0.15) is 32.4 Å². The molecule has 0 aliphatic carbocycles. The maximum atomic E-state index is 13.9. The van der Waals surface area contributed by atoms with Crippen molar-refractivity contribution in [3.05, 3.63) is 94.6 Å². The number of hydrogen-bond acceptors (Lipinski definition) is 5. The van der Waals surface area contributed by atoms with Gasteiger partial charge in [0.05, 0.1) is 14.2 Å². The second-order valence-electron chi connectivity index (χ2n) is 7.07. The van der Waals surface area contributed by atoms with Crippen LogP contribution in [-0.4, -0.2) is 30.2 Å². The molecule has 4 rings (SSSR count). The normalized spacial score (nSPS) is 15.5. The number of hydrazone groups is 1. The lowest BCUT2D eigenvalue weighted by atomic mass is 10.1. The number of para-hydroxylation sites is 1. The van der Waals surface area contributed by atoms with Crippen LogP contribution in [0.15, 0.2) is 65.8 Å². The molecule has 1 aliphatic heterocycles. The van der Waals surface area contributed by atoms with Crippen LogP contribution in [0.2, 0.25) is 0 Å². The highest BCUT2D eigenvalue weighted by atomic mass is 32.2. The number of amides is 1. The van der Waals surface area contributed by atoms with Gasteiger partial charge in [0.1, 0.15) is 22.1 Å². The lowest BCUT2D eigenvalue weighted by molar-refractivity contribution is 0.0746. The summed E-state index contributed by atoms with van der Waals surface area (Å²) in [6.45, 7) is 1.74. The largest absolute Gasteiger partial charge is 0.493 e. The number of ether oxygens (including phenoxy) is 2. The van der Waals surface area contributed by atoms with E-state index >= 15 is 0 Å². The van der Waals surface area contributed by atoms with E-state index in [-0.39, 0.29) is 11.4 Å². The van der Waals surface area contributed by atoms with Crippen molar-refractivity contribution < 1.29 is 23.0 Å². The molecule has 1 heterocycles. The topological polar surface area (TPSA) is 51.1 Å². The number of thioether (sulfide) groups is 1. The van der Waals surface area contributed by atoms with Crippen LogP contribution in [0.5, 0.6) is 11.5 Å². The van der Waals surface area contributed by atoms with Crippen molar-refractivity contribution >= 4 is 22.7 Å². The third kappa shape index (κ3) is 4.05. The lowest BCUT2D eigenvalue weighted by Crippen LogP contribution is -2.27. The van der Waals surface area contributed by atoms with Crippen LogP contribution >= 0.6 is 11.8 Å². The Morgan fingerprint density at radius 1 is 1.00 bits per heavy atom. The molecule has 1 amide bonds. The molecule has 1 aliphatic rings. The van der Waals surface area contributed by atoms with E-state index in [0.717, 1.165) is 0 Å². The van der Waals surface area contributed by atoms with Crippen molar-refractivity contribution in [1.29, 1.82) is 0 Å². The molecule has 0 saturated heterocycles. The van der Waals surface area contributed by atoms with Crippen molar-refractivity contribution in [1.82, 2.24) is 5.01 Å². The maximum absolute atomic E-state index is 13.9. The highest BCUT2D eigenvalue weighted by molar-refractivity contribution is 8.14.